The Balaban J connectivity index is 1.70. The van der Waals surface area contributed by atoms with Gasteiger partial charge in [0.1, 0.15) is 0 Å². The normalized spacial score (nSPS) is 22.6. The number of rotatable bonds is 8. The number of carbonyl (C=O) groups is 1. The van der Waals surface area contributed by atoms with Gasteiger partial charge in [-0.25, -0.2) is 0 Å². The van der Waals surface area contributed by atoms with Gasteiger partial charge in [0.15, 0.2) is 0 Å². The highest BCUT2D eigenvalue weighted by molar-refractivity contribution is 5.75. The van der Waals surface area contributed by atoms with E-state index in [0.29, 0.717) is 6.54 Å². The van der Waals surface area contributed by atoms with E-state index in [9.17, 15) is 9.90 Å². The van der Waals surface area contributed by atoms with Crippen molar-refractivity contribution in [3.63, 3.8) is 0 Å². The molecule has 2 aliphatic carbocycles. The molecule has 0 spiro atoms. The van der Waals surface area contributed by atoms with Crippen LogP contribution in [0.2, 0.25) is 0 Å². The Morgan fingerprint density at radius 2 is 2.00 bits per heavy atom. The van der Waals surface area contributed by atoms with Gasteiger partial charge in [-0.1, -0.05) is 19.3 Å². The number of likely N-dealkylation sites (N-methyl/N-ethyl adjacent to an activating group) is 1. The third kappa shape index (κ3) is 4.46. The lowest BCUT2D eigenvalue weighted by atomic mass is 9.73. The lowest BCUT2D eigenvalue weighted by Crippen LogP contribution is -2.44. The summed E-state index contributed by atoms with van der Waals surface area (Å²) in [6, 6.07) is 0. The van der Waals surface area contributed by atoms with Crippen molar-refractivity contribution >= 4 is 5.97 Å². The molecule has 4 nitrogen and oxygen atoms in total. The lowest BCUT2D eigenvalue weighted by Gasteiger charge is -2.36. The molecule has 0 aromatic heterocycles. The van der Waals surface area contributed by atoms with E-state index < -0.39 is 11.4 Å². The summed E-state index contributed by atoms with van der Waals surface area (Å²) in [5, 5.41) is 9.53. The number of hydrogen-bond donors (Lipinski definition) is 1. The van der Waals surface area contributed by atoms with E-state index in [-0.39, 0.29) is 0 Å². The molecule has 4 heteroatoms. The highest BCUT2D eigenvalue weighted by Crippen LogP contribution is 2.37. The van der Waals surface area contributed by atoms with E-state index in [2.05, 4.69) is 4.90 Å². The van der Waals surface area contributed by atoms with Gasteiger partial charge in [0.2, 0.25) is 0 Å². The van der Waals surface area contributed by atoms with Crippen molar-refractivity contribution in [1.29, 1.82) is 0 Å². The third-order valence-electron chi connectivity index (χ3n) is 4.50. The van der Waals surface area contributed by atoms with Crippen LogP contribution in [0.3, 0.4) is 0 Å². The Labute approximate surface area is 116 Å². The summed E-state index contributed by atoms with van der Waals surface area (Å²) >= 11 is 0. The van der Waals surface area contributed by atoms with Crippen molar-refractivity contribution in [2.24, 2.45) is 11.3 Å². The number of aliphatic carboxylic acids is 1. The maximum Gasteiger partial charge on any atom is 0.310 e. The molecule has 19 heavy (non-hydrogen) atoms. The largest absolute Gasteiger partial charge is 0.481 e. The van der Waals surface area contributed by atoms with Crippen LogP contribution < -0.4 is 0 Å². The molecule has 0 bridgehead atoms. The van der Waals surface area contributed by atoms with Gasteiger partial charge in [-0.05, 0) is 38.6 Å². The smallest absolute Gasteiger partial charge is 0.310 e. The molecule has 110 valence electrons. The van der Waals surface area contributed by atoms with E-state index in [0.717, 1.165) is 51.4 Å². The van der Waals surface area contributed by atoms with Gasteiger partial charge in [-0.15, -0.1) is 0 Å². The van der Waals surface area contributed by atoms with Crippen molar-refractivity contribution in [3.05, 3.63) is 0 Å². The second-order valence-electron chi connectivity index (χ2n) is 6.40. The minimum Gasteiger partial charge on any atom is -0.481 e. The maximum atomic E-state index is 11.6. The number of hydrogen-bond acceptors (Lipinski definition) is 3. The zero-order valence-corrected chi connectivity index (χ0v) is 12.1. The first kappa shape index (κ1) is 14.8. The average Bonchev–Trinajstić information content (AvgIpc) is 3.20. The lowest BCUT2D eigenvalue weighted by molar-refractivity contribution is -0.152. The molecule has 2 rings (SSSR count). The molecule has 0 amide bonds. The fourth-order valence-electron chi connectivity index (χ4n) is 3.02. The van der Waals surface area contributed by atoms with Crippen molar-refractivity contribution < 1.29 is 14.6 Å². The van der Waals surface area contributed by atoms with Crippen LogP contribution in [-0.4, -0.2) is 49.3 Å². The first-order valence-corrected chi connectivity index (χ1v) is 7.62. The zero-order valence-electron chi connectivity index (χ0n) is 12.1. The molecule has 0 atom stereocenters. The van der Waals surface area contributed by atoms with E-state index in [4.69, 9.17) is 4.74 Å². The predicted molar refractivity (Wildman–Crippen MR) is 74.2 cm³/mol. The standard InChI is InChI=1S/C15H27NO3/c1-16(9-10-19-11-13-5-6-13)12-15(14(17)18)7-3-2-4-8-15/h13H,2-12H2,1H3,(H,17,18). The van der Waals surface area contributed by atoms with E-state index in [1.165, 1.54) is 19.3 Å². The topological polar surface area (TPSA) is 49.8 Å². The second kappa shape index (κ2) is 6.71. The Bertz CT molecular complexity index is 296. The molecule has 0 unspecified atom stereocenters. The Hall–Kier alpha value is -0.610. The van der Waals surface area contributed by atoms with Crippen LogP contribution in [0.5, 0.6) is 0 Å². The van der Waals surface area contributed by atoms with E-state index in [1.54, 1.807) is 0 Å². The molecule has 0 heterocycles. The van der Waals surface area contributed by atoms with E-state index >= 15 is 0 Å². The minimum absolute atomic E-state index is 0.510. The van der Waals surface area contributed by atoms with Gasteiger partial charge in [0, 0.05) is 19.7 Å². The summed E-state index contributed by atoms with van der Waals surface area (Å²) in [7, 11) is 2.01. The molecule has 0 saturated heterocycles. The van der Waals surface area contributed by atoms with Crippen LogP contribution in [0.1, 0.15) is 44.9 Å². The molecular weight excluding hydrogens is 242 g/mol. The van der Waals surface area contributed by atoms with Gasteiger partial charge in [-0.3, -0.25) is 4.79 Å². The number of nitrogens with zero attached hydrogens (tertiary/aromatic N) is 1. The van der Waals surface area contributed by atoms with Crippen molar-refractivity contribution in [1.82, 2.24) is 4.90 Å². The zero-order chi connectivity index (χ0) is 13.7. The molecule has 0 aromatic carbocycles. The van der Waals surface area contributed by atoms with Crippen molar-refractivity contribution in [2.45, 2.75) is 44.9 Å². The third-order valence-corrected chi connectivity index (χ3v) is 4.50. The molecule has 1 N–H and O–H groups in total. The molecular formula is C15H27NO3. The van der Waals surface area contributed by atoms with Crippen LogP contribution in [0.4, 0.5) is 0 Å². The number of carboxylic acids is 1. The summed E-state index contributed by atoms with van der Waals surface area (Å²) < 4.78 is 5.62. The fourth-order valence-corrected chi connectivity index (χ4v) is 3.02. The second-order valence-corrected chi connectivity index (χ2v) is 6.40. The summed E-state index contributed by atoms with van der Waals surface area (Å²) in [5.74, 6) is 0.187. The molecule has 2 fully saturated rings. The van der Waals surface area contributed by atoms with Crippen LogP contribution in [0.15, 0.2) is 0 Å². The monoisotopic (exact) mass is 269 g/mol. The summed E-state index contributed by atoms with van der Waals surface area (Å²) in [6.45, 7) is 3.11. The molecule has 0 aliphatic heterocycles. The highest BCUT2D eigenvalue weighted by Gasteiger charge is 2.40. The van der Waals surface area contributed by atoms with Crippen LogP contribution in [-0.2, 0) is 9.53 Å². The van der Waals surface area contributed by atoms with Gasteiger partial charge in [-0.2, -0.15) is 0 Å². The van der Waals surface area contributed by atoms with Crippen LogP contribution >= 0.6 is 0 Å². The van der Waals surface area contributed by atoms with Gasteiger partial charge < -0.3 is 14.7 Å². The van der Waals surface area contributed by atoms with Gasteiger partial charge in [0.05, 0.1) is 12.0 Å². The predicted octanol–water partition coefficient (Wildman–Crippen LogP) is 2.38. The van der Waals surface area contributed by atoms with E-state index in [1.807, 2.05) is 7.05 Å². The average molecular weight is 269 g/mol. The number of carboxylic acid groups (broad SMARTS) is 1. The molecule has 2 saturated carbocycles. The SMILES string of the molecule is CN(CCOCC1CC1)CC1(C(=O)O)CCCCC1. The van der Waals surface area contributed by atoms with Gasteiger partial charge in [0.25, 0.3) is 0 Å². The van der Waals surface area contributed by atoms with Crippen molar-refractivity contribution in [2.75, 3.05) is 33.4 Å². The fraction of sp³-hybridized carbons (Fsp3) is 0.933. The Kier molecular flexibility index (Phi) is 5.22. The molecule has 0 radical (unpaired) electrons. The summed E-state index contributed by atoms with van der Waals surface area (Å²) in [4.78, 5) is 13.7. The number of ether oxygens (including phenoxy) is 1. The first-order chi connectivity index (χ1) is 9.12. The molecule has 2 aliphatic rings. The highest BCUT2D eigenvalue weighted by atomic mass is 16.5. The Morgan fingerprint density at radius 1 is 1.32 bits per heavy atom. The quantitative estimate of drug-likeness (QED) is 0.687. The summed E-state index contributed by atoms with van der Waals surface area (Å²) in [5.41, 5.74) is -0.510. The maximum absolute atomic E-state index is 11.6. The van der Waals surface area contributed by atoms with Crippen LogP contribution in [0.25, 0.3) is 0 Å². The van der Waals surface area contributed by atoms with Gasteiger partial charge >= 0.3 is 5.97 Å². The van der Waals surface area contributed by atoms with Crippen LogP contribution in [0, 0.1) is 11.3 Å². The minimum atomic E-state index is -0.613. The van der Waals surface area contributed by atoms with Crippen molar-refractivity contribution in [3.8, 4) is 0 Å². The first-order valence-electron chi connectivity index (χ1n) is 7.62. The Morgan fingerprint density at radius 3 is 2.58 bits per heavy atom. The summed E-state index contributed by atoms with van der Waals surface area (Å²) in [6.07, 6.45) is 7.58. The molecule has 0 aromatic rings.